The second-order valence-electron chi connectivity index (χ2n) is 6.44. The van der Waals surface area contributed by atoms with Crippen molar-refractivity contribution in [3.05, 3.63) is 76.0 Å². The van der Waals surface area contributed by atoms with Crippen LogP contribution in [-0.4, -0.2) is 21.9 Å². The molecular formula is C20H18F3N5O2. The number of hydrogen-bond acceptors (Lipinski definition) is 6. The molecule has 156 valence electrons. The van der Waals surface area contributed by atoms with Crippen LogP contribution in [0.4, 0.5) is 42.0 Å². The van der Waals surface area contributed by atoms with Gasteiger partial charge in [-0.25, -0.2) is 4.98 Å². The van der Waals surface area contributed by atoms with E-state index in [9.17, 15) is 23.3 Å². The number of aryl methyl sites for hydroxylation is 1. The van der Waals surface area contributed by atoms with Crippen LogP contribution in [0, 0.1) is 10.1 Å². The highest BCUT2D eigenvalue weighted by Crippen LogP contribution is 2.38. The molecule has 30 heavy (non-hydrogen) atoms. The van der Waals surface area contributed by atoms with E-state index in [1.54, 1.807) is 12.1 Å². The fourth-order valence-corrected chi connectivity index (χ4v) is 2.76. The molecule has 0 spiro atoms. The SMILES string of the molecule is CCc1ccc(Nc2ncc(C(F)(F)F)c(N(C)c3ccc([N+](=O)[O-])cc3)n2)cc1. The second-order valence-corrected chi connectivity index (χ2v) is 6.44. The van der Waals surface area contributed by atoms with Crippen LogP contribution in [0.25, 0.3) is 0 Å². The first kappa shape index (κ1) is 21.0. The van der Waals surface area contributed by atoms with Crippen molar-refractivity contribution in [1.29, 1.82) is 0 Å². The van der Waals surface area contributed by atoms with Gasteiger partial charge in [0.15, 0.2) is 5.82 Å². The lowest BCUT2D eigenvalue weighted by Crippen LogP contribution is -2.19. The molecule has 1 aromatic heterocycles. The van der Waals surface area contributed by atoms with Crippen LogP contribution < -0.4 is 10.2 Å². The Morgan fingerprint density at radius 3 is 2.27 bits per heavy atom. The average molecular weight is 417 g/mol. The molecule has 2 aromatic carbocycles. The molecule has 3 rings (SSSR count). The summed E-state index contributed by atoms with van der Waals surface area (Å²) in [6.07, 6.45) is -3.10. The highest BCUT2D eigenvalue weighted by Gasteiger charge is 2.36. The van der Waals surface area contributed by atoms with Crippen LogP contribution in [-0.2, 0) is 12.6 Å². The van der Waals surface area contributed by atoms with Crippen molar-refractivity contribution in [2.75, 3.05) is 17.3 Å². The molecule has 0 saturated heterocycles. The zero-order valence-electron chi connectivity index (χ0n) is 16.1. The number of anilines is 4. The molecule has 0 aliphatic rings. The van der Waals surface area contributed by atoms with E-state index >= 15 is 0 Å². The van der Waals surface area contributed by atoms with E-state index in [-0.39, 0.29) is 17.5 Å². The first-order valence-electron chi connectivity index (χ1n) is 8.97. The number of halogens is 3. The summed E-state index contributed by atoms with van der Waals surface area (Å²) >= 11 is 0. The molecule has 0 bridgehead atoms. The Labute approximate surface area is 170 Å². The Bertz CT molecular complexity index is 1040. The summed E-state index contributed by atoms with van der Waals surface area (Å²) < 4.78 is 40.6. The summed E-state index contributed by atoms with van der Waals surface area (Å²) in [5.41, 5.74) is 0.880. The number of benzene rings is 2. The van der Waals surface area contributed by atoms with Gasteiger partial charge in [-0.1, -0.05) is 19.1 Å². The summed E-state index contributed by atoms with van der Waals surface area (Å²) in [4.78, 5) is 19.3. The maximum atomic E-state index is 13.5. The van der Waals surface area contributed by atoms with E-state index in [4.69, 9.17) is 0 Å². The second kappa shape index (κ2) is 8.36. The van der Waals surface area contributed by atoms with E-state index in [1.165, 1.54) is 36.2 Å². The molecule has 0 radical (unpaired) electrons. The maximum absolute atomic E-state index is 13.5. The molecule has 0 atom stereocenters. The van der Waals surface area contributed by atoms with Crippen molar-refractivity contribution in [3.63, 3.8) is 0 Å². The number of nitro benzene ring substituents is 1. The standard InChI is InChI=1S/C20H18F3N5O2/c1-3-13-4-6-14(7-5-13)25-19-24-12-17(20(21,22)23)18(26-19)27(2)15-8-10-16(11-9-15)28(29)30/h4-12H,3H2,1-2H3,(H,24,25,26). The molecule has 0 unspecified atom stereocenters. The van der Waals surface area contributed by atoms with E-state index in [2.05, 4.69) is 15.3 Å². The fourth-order valence-electron chi connectivity index (χ4n) is 2.76. The summed E-state index contributed by atoms with van der Waals surface area (Å²) in [5.74, 6) is -0.380. The number of non-ortho nitro benzene ring substituents is 1. The van der Waals surface area contributed by atoms with Crippen molar-refractivity contribution in [2.24, 2.45) is 0 Å². The molecule has 0 fully saturated rings. The average Bonchev–Trinajstić information content (AvgIpc) is 2.73. The normalized spacial score (nSPS) is 11.2. The Kier molecular flexibility index (Phi) is 5.86. The predicted molar refractivity (Wildman–Crippen MR) is 107 cm³/mol. The number of nitrogens with zero attached hydrogens (tertiary/aromatic N) is 4. The largest absolute Gasteiger partial charge is 0.421 e. The van der Waals surface area contributed by atoms with Gasteiger partial charge in [0.2, 0.25) is 5.95 Å². The van der Waals surface area contributed by atoms with Crippen molar-refractivity contribution in [2.45, 2.75) is 19.5 Å². The minimum Gasteiger partial charge on any atom is -0.329 e. The molecule has 3 aromatic rings. The monoisotopic (exact) mass is 417 g/mol. The van der Waals surface area contributed by atoms with Crippen molar-refractivity contribution in [3.8, 4) is 0 Å². The van der Waals surface area contributed by atoms with Gasteiger partial charge in [-0.3, -0.25) is 10.1 Å². The topological polar surface area (TPSA) is 84.2 Å². The molecule has 0 aliphatic heterocycles. The van der Waals surface area contributed by atoms with Crippen molar-refractivity contribution in [1.82, 2.24) is 9.97 Å². The van der Waals surface area contributed by atoms with Crippen LogP contribution in [0.2, 0.25) is 0 Å². The first-order valence-corrected chi connectivity index (χ1v) is 8.97. The summed E-state index contributed by atoms with van der Waals surface area (Å²) in [7, 11) is 1.40. The van der Waals surface area contributed by atoms with Gasteiger partial charge in [-0.2, -0.15) is 18.2 Å². The lowest BCUT2D eigenvalue weighted by atomic mass is 10.1. The van der Waals surface area contributed by atoms with Gasteiger partial charge >= 0.3 is 6.18 Å². The lowest BCUT2D eigenvalue weighted by Gasteiger charge is -2.22. The molecule has 1 heterocycles. The molecule has 0 aliphatic carbocycles. The summed E-state index contributed by atoms with van der Waals surface area (Å²) in [6, 6.07) is 12.5. The quantitative estimate of drug-likeness (QED) is 0.422. The van der Waals surface area contributed by atoms with Crippen LogP contribution >= 0.6 is 0 Å². The zero-order valence-corrected chi connectivity index (χ0v) is 16.1. The third kappa shape index (κ3) is 4.65. The Balaban J connectivity index is 1.97. The first-order chi connectivity index (χ1) is 14.2. The summed E-state index contributed by atoms with van der Waals surface area (Å²) in [6.45, 7) is 2.02. The molecule has 0 amide bonds. The van der Waals surface area contributed by atoms with Crippen LogP contribution in [0.15, 0.2) is 54.7 Å². The van der Waals surface area contributed by atoms with E-state index in [1.807, 2.05) is 19.1 Å². The van der Waals surface area contributed by atoms with Crippen LogP contribution in [0.3, 0.4) is 0 Å². The minimum absolute atomic E-state index is 0.00369. The van der Waals surface area contributed by atoms with Gasteiger partial charge in [0.25, 0.3) is 5.69 Å². The number of alkyl halides is 3. The van der Waals surface area contributed by atoms with Crippen molar-refractivity contribution < 1.29 is 18.1 Å². The Morgan fingerprint density at radius 2 is 1.73 bits per heavy atom. The number of nitrogens with one attached hydrogen (secondary N) is 1. The smallest absolute Gasteiger partial charge is 0.329 e. The van der Waals surface area contributed by atoms with E-state index < -0.39 is 16.7 Å². The van der Waals surface area contributed by atoms with Gasteiger partial charge in [0.1, 0.15) is 5.56 Å². The zero-order chi connectivity index (χ0) is 21.9. The Morgan fingerprint density at radius 1 is 1.10 bits per heavy atom. The van der Waals surface area contributed by atoms with E-state index in [0.717, 1.165) is 12.0 Å². The third-order valence-corrected chi connectivity index (χ3v) is 4.46. The maximum Gasteiger partial charge on any atom is 0.421 e. The van der Waals surface area contributed by atoms with Gasteiger partial charge in [-0.15, -0.1) is 0 Å². The summed E-state index contributed by atoms with van der Waals surface area (Å²) in [5, 5.41) is 13.7. The van der Waals surface area contributed by atoms with Gasteiger partial charge < -0.3 is 10.2 Å². The van der Waals surface area contributed by atoms with Gasteiger partial charge in [0.05, 0.1) is 4.92 Å². The van der Waals surface area contributed by atoms with Gasteiger partial charge in [0, 0.05) is 36.8 Å². The highest BCUT2D eigenvalue weighted by molar-refractivity contribution is 5.66. The molecule has 10 heteroatoms. The van der Waals surface area contributed by atoms with Crippen LogP contribution in [0.5, 0.6) is 0 Å². The minimum atomic E-state index is -4.67. The molecular weight excluding hydrogens is 399 g/mol. The molecule has 7 nitrogen and oxygen atoms in total. The van der Waals surface area contributed by atoms with Gasteiger partial charge in [-0.05, 0) is 36.2 Å². The number of aromatic nitrogens is 2. The van der Waals surface area contributed by atoms with Crippen LogP contribution in [0.1, 0.15) is 18.1 Å². The third-order valence-electron chi connectivity index (χ3n) is 4.46. The number of nitro groups is 1. The Hall–Kier alpha value is -3.69. The highest BCUT2D eigenvalue weighted by atomic mass is 19.4. The van der Waals surface area contributed by atoms with Crippen molar-refractivity contribution >= 4 is 28.8 Å². The fraction of sp³-hybridized carbons (Fsp3) is 0.200. The molecule has 1 N–H and O–H groups in total. The predicted octanol–water partition coefficient (Wildman–Crippen LogP) is 5.48. The number of rotatable bonds is 6. The number of hydrogen-bond donors (Lipinski definition) is 1. The molecule has 0 saturated carbocycles. The van der Waals surface area contributed by atoms with E-state index in [0.29, 0.717) is 17.6 Å². The lowest BCUT2D eigenvalue weighted by molar-refractivity contribution is -0.384.